The summed E-state index contributed by atoms with van der Waals surface area (Å²) in [6.07, 6.45) is 0. The van der Waals surface area contributed by atoms with Gasteiger partial charge in [-0.1, -0.05) is 42.3 Å². The van der Waals surface area contributed by atoms with E-state index in [0.29, 0.717) is 10.0 Å². The first-order valence-corrected chi connectivity index (χ1v) is 7.23. The van der Waals surface area contributed by atoms with E-state index in [1.165, 1.54) is 12.1 Å². The van der Waals surface area contributed by atoms with Gasteiger partial charge in [-0.05, 0) is 54.4 Å². The van der Waals surface area contributed by atoms with Gasteiger partial charge in [-0.3, -0.25) is 0 Å². The van der Waals surface area contributed by atoms with Crippen molar-refractivity contribution in [3.63, 3.8) is 0 Å². The predicted octanol–water partition coefficient (Wildman–Crippen LogP) is 5.14. The van der Waals surface area contributed by atoms with Crippen LogP contribution in [-0.4, -0.2) is 6.54 Å². The molecule has 2 aromatic rings. The molecule has 106 valence electrons. The number of nitrogens with one attached hydrogen (secondary N) is 1. The lowest BCUT2D eigenvalue weighted by Gasteiger charge is -2.22. The maximum Gasteiger partial charge on any atom is 0.123 e. The van der Waals surface area contributed by atoms with Gasteiger partial charge >= 0.3 is 0 Å². The Balaban J connectivity index is 2.50. The molecule has 1 unspecified atom stereocenters. The second-order valence-electron chi connectivity index (χ2n) is 4.66. The van der Waals surface area contributed by atoms with E-state index >= 15 is 0 Å². The number of hydrogen-bond acceptors (Lipinski definition) is 1. The molecule has 0 aliphatic carbocycles. The highest BCUT2D eigenvalue weighted by atomic mass is 35.5. The zero-order valence-corrected chi connectivity index (χ0v) is 12.9. The maximum absolute atomic E-state index is 13.3. The molecule has 0 saturated carbocycles. The third-order valence-electron chi connectivity index (χ3n) is 3.22. The first-order valence-electron chi connectivity index (χ1n) is 6.47. The number of aryl methyl sites for hydroxylation is 1. The van der Waals surface area contributed by atoms with Crippen molar-refractivity contribution in [2.24, 2.45) is 0 Å². The molecule has 0 heterocycles. The SMILES string of the molecule is CCNC(c1ccc(F)cc1C)c1ccc(Cl)cc1Cl. The Morgan fingerprint density at radius 2 is 1.80 bits per heavy atom. The minimum Gasteiger partial charge on any atom is -0.306 e. The molecule has 1 N–H and O–H groups in total. The number of rotatable bonds is 4. The predicted molar refractivity (Wildman–Crippen MR) is 83.1 cm³/mol. The van der Waals surface area contributed by atoms with E-state index in [0.717, 1.165) is 23.2 Å². The summed E-state index contributed by atoms with van der Waals surface area (Å²) in [4.78, 5) is 0. The first kappa shape index (κ1) is 15.3. The highest BCUT2D eigenvalue weighted by Gasteiger charge is 2.18. The number of benzene rings is 2. The molecule has 2 rings (SSSR count). The summed E-state index contributed by atoms with van der Waals surface area (Å²) in [7, 11) is 0. The summed E-state index contributed by atoms with van der Waals surface area (Å²) in [6, 6.07) is 10.2. The van der Waals surface area contributed by atoms with E-state index in [2.05, 4.69) is 5.32 Å². The summed E-state index contributed by atoms with van der Waals surface area (Å²) in [5, 5.41) is 4.59. The van der Waals surface area contributed by atoms with Gasteiger partial charge in [-0.25, -0.2) is 4.39 Å². The fraction of sp³-hybridized carbons (Fsp3) is 0.250. The van der Waals surface area contributed by atoms with Crippen LogP contribution in [0, 0.1) is 12.7 Å². The van der Waals surface area contributed by atoms with E-state index in [4.69, 9.17) is 23.2 Å². The summed E-state index contributed by atoms with van der Waals surface area (Å²) in [5.74, 6) is -0.233. The Kier molecular flexibility index (Phi) is 5.03. The molecule has 2 aromatic carbocycles. The van der Waals surface area contributed by atoms with Gasteiger partial charge in [0.25, 0.3) is 0 Å². The van der Waals surface area contributed by atoms with E-state index in [1.807, 2.05) is 26.0 Å². The molecule has 1 atom stereocenters. The van der Waals surface area contributed by atoms with E-state index in [1.54, 1.807) is 12.1 Å². The second kappa shape index (κ2) is 6.57. The van der Waals surface area contributed by atoms with Crippen molar-refractivity contribution in [1.82, 2.24) is 5.32 Å². The van der Waals surface area contributed by atoms with E-state index in [9.17, 15) is 4.39 Å². The third kappa shape index (κ3) is 3.32. The molecule has 0 bridgehead atoms. The topological polar surface area (TPSA) is 12.0 Å². The van der Waals surface area contributed by atoms with Gasteiger partial charge < -0.3 is 5.32 Å². The van der Waals surface area contributed by atoms with Crippen LogP contribution < -0.4 is 5.32 Å². The lowest BCUT2D eigenvalue weighted by molar-refractivity contribution is 0.610. The maximum atomic E-state index is 13.3. The van der Waals surface area contributed by atoms with Crippen LogP contribution in [0.3, 0.4) is 0 Å². The monoisotopic (exact) mass is 311 g/mol. The zero-order valence-electron chi connectivity index (χ0n) is 11.4. The van der Waals surface area contributed by atoms with Crippen molar-refractivity contribution >= 4 is 23.2 Å². The van der Waals surface area contributed by atoms with Gasteiger partial charge in [0.1, 0.15) is 5.82 Å². The van der Waals surface area contributed by atoms with Crippen LogP contribution in [0.25, 0.3) is 0 Å². The molecule has 0 saturated heterocycles. The molecule has 0 aliphatic heterocycles. The minimum absolute atomic E-state index is 0.0784. The van der Waals surface area contributed by atoms with Gasteiger partial charge in [0.05, 0.1) is 6.04 Å². The van der Waals surface area contributed by atoms with Crippen molar-refractivity contribution in [2.45, 2.75) is 19.9 Å². The molecule has 0 fully saturated rings. The quantitative estimate of drug-likeness (QED) is 0.824. The fourth-order valence-corrected chi connectivity index (χ4v) is 2.81. The Labute approximate surface area is 128 Å². The van der Waals surface area contributed by atoms with Crippen LogP contribution in [0.2, 0.25) is 10.0 Å². The molecule has 4 heteroatoms. The van der Waals surface area contributed by atoms with Crippen molar-refractivity contribution in [3.8, 4) is 0 Å². The van der Waals surface area contributed by atoms with Crippen LogP contribution in [0.1, 0.15) is 29.7 Å². The van der Waals surface area contributed by atoms with Crippen LogP contribution in [-0.2, 0) is 0 Å². The van der Waals surface area contributed by atoms with Gasteiger partial charge in [-0.15, -0.1) is 0 Å². The van der Waals surface area contributed by atoms with E-state index in [-0.39, 0.29) is 11.9 Å². The van der Waals surface area contributed by atoms with Gasteiger partial charge in [0.15, 0.2) is 0 Å². The third-order valence-corrected chi connectivity index (χ3v) is 3.79. The van der Waals surface area contributed by atoms with Crippen LogP contribution in [0.4, 0.5) is 4.39 Å². The Bertz CT molecular complexity index is 562. The van der Waals surface area contributed by atoms with Crippen molar-refractivity contribution in [2.75, 3.05) is 6.54 Å². The Morgan fingerprint density at radius 1 is 1.10 bits per heavy atom. The highest BCUT2D eigenvalue weighted by Crippen LogP contribution is 2.32. The zero-order chi connectivity index (χ0) is 14.7. The molecule has 0 radical (unpaired) electrons. The van der Waals surface area contributed by atoms with Crippen molar-refractivity contribution < 1.29 is 4.39 Å². The Hall–Kier alpha value is -1.09. The smallest absolute Gasteiger partial charge is 0.123 e. The van der Waals surface area contributed by atoms with Crippen molar-refractivity contribution in [1.29, 1.82) is 0 Å². The summed E-state index contributed by atoms with van der Waals surface area (Å²) < 4.78 is 13.3. The lowest BCUT2D eigenvalue weighted by atomic mass is 9.95. The first-order chi connectivity index (χ1) is 9.52. The van der Waals surface area contributed by atoms with Crippen LogP contribution in [0.5, 0.6) is 0 Å². The molecular formula is C16H16Cl2FN. The molecule has 0 aromatic heterocycles. The van der Waals surface area contributed by atoms with Gasteiger partial charge in [-0.2, -0.15) is 0 Å². The van der Waals surface area contributed by atoms with Gasteiger partial charge in [0.2, 0.25) is 0 Å². The van der Waals surface area contributed by atoms with Crippen LogP contribution in [0.15, 0.2) is 36.4 Å². The number of hydrogen-bond donors (Lipinski definition) is 1. The molecule has 0 amide bonds. The molecular weight excluding hydrogens is 296 g/mol. The molecule has 20 heavy (non-hydrogen) atoms. The average molecular weight is 312 g/mol. The van der Waals surface area contributed by atoms with Gasteiger partial charge in [0, 0.05) is 10.0 Å². The average Bonchev–Trinajstić information content (AvgIpc) is 2.37. The largest absolute Gasteiger partial charge is 0.306 e. The Morgan fingerprint density at radius 3 is 2.40 bits per heavy atom. The molecule has 1 nitrogen and oxygen atoms in total. The van der Waals surface area contributed by atoms with Crippen LogP contribution >= 0.6 is 23.2 Å². The standard InChI is InChI=1S/C16H16Cl2FN/c1-3-20-16(13-7-5-12(19)8-10(13)2)14-6-4-11(17)9-15(14)18/h4-9,16,20H,3H2,1-2H3. The molecule has 0 spiro atoms. The number of halogens is 3. The molecule has 0 aliphatic rings. The normalized spacial score (nSPS) is 12.4. The summed E-state index contributed by atoms with van der Waals surface area (Å²) in [5.41, 5.74) is 2.84. The second-order valence-corrected chi connectivity index (χ2v) is 5.50. The summed E-state index contributed by atoms with van der Waals surface area (Å²) in [6.45, 7) is 4.70. The lowest BCUT2D eigenvalue weighted by Crippen LogP contribution is -2.23. The van der Waals surface area contributed by atoms with Crippen molar-refractivity contribution in [3.05, 3.63) is 69.0 Å². The summed E-state index contributed by atoms with van der Waals surface area (Å²) >= 11 is 12.2. The van der Waals surface area contributed by atoms with E-state index < -0.39 is 0 Å². The highest BCUT2D eigenvalue weighted by molar-refractivity contribution is 6.35. The fourth-order valence-electron chi connectivity index (χ4n) is 2.29. The minimum atomic E-state index is -0.233.